The molecular weight excluding hydrogens is 284 g/mol. The molecule has 2 aliphatic rings. The molecule has 21 heavy (non-hydrogen) atoms. The minimum atomic E-state index is -0.744. The van der Waals surface area contributed by atoms with Gasteiger partial charge in [-0.15, -0.1) is 0 Å². The Bertz CT molecular complexity index is 428. The van der Waals surface area contributed by atoms with Crippen molar-refractivity contribution in [3.05, 3.63) is 0 Å². The highest BCUT2D eigenvalue weighted by Gasteiger charge is 2.51. The lowest BCUT2D eigenvalue weighted by Gasteiger charge is -2.51. The fourth-order valence-electron chi connectivity index (χ4n) is 3.36. The summed E-state index contributed by atoms with van der Waals surface area (Å²) in [5.74, 6) is 0.225. The van der Waals surface area contributed by atoms with Crippen LogP contribution in [0.5, 0.6) is 0 Å². The number of hydrogen-bond donors (Lipinski definition) is 1. The van der Waals surface area contributed by atoms with Gasteiger partial charge >= 0.3 is 0 Å². The van der Waals surface area contributed by atoms with E-state index in [1.807, 2.05) is 44.4 Å². The van der Waals surface area contributed by atoms with Gasteiger partial charge in [-0.25, -0.2) is 0 Å². The van der Waals surface area contributed by atoms with Crippen molar-refractivity contribution in [3.8, 4) is 0 Å². The lowest BCUT2D eigenvalue weighted by atomic mass is 9.81. The zero-order valence-electron chi connectivity index (χ0n) is 13.9. The number of rotatable bonds is 5. The maximum Gasteiger partial charge on any atom is 0.248 e. The van der Waals surface area contributed by atoms with Crippen LogP contribution in [0.25, 0.3) is 0 Å². The lowest BCUT2D eigenvalue weighted by molar-refractivity contribution is -0.157. The van der Waals surface area contributed by atoms with Gasteiger partial charge in [0.1, 0.15) is 11.6 Å². The quantitative estimate of drug-likeness (QED) is 0.848. The summed E-state index contributed by atoms with van der Waals surface area (Å²) in [6, 6.07) is -0.332. The highest BCUT2D eigenvalue weighted by Crippen LogP contribution is 2.44. The number of hydrogen-bond acceptors (Lipinski definition) is 3. The number of amides is 2. The van der Waals surface area contributed by atoms with Crippen molar-refractivity contribution < 1.29 is 9.59 Å². The van der Waals surface area contributed by atoms with Crippen molar-refractivity contribution in [1.29, 1.82) is 0 Å². The molecule has 0 spiro atoms. The molecule has 120 valence electrons. The molecule has 2 atom stereocenters. The zero-order valence-corrected chi connectivity index (χ0v) is 14.7. The number of carbonyl (C=O) groups is 2. The van der Waals surface area contributed by atoms with Crippen molar-refractivity contribution in [2.45, 2.75) is 69.7 Å². The SMILES string of the molecule is CCC1(C)NC(=O)C(C(C)C)N(CC2(SC)CCC2)C1=O. The summed E-state index contributed by atoms with van der Waals surface area (Å²) in [7, 11) is 0. The third-order valence-electron chi connectivity index (χ3n) is 5.23. The van der Waals surface area contributed by atoms with E-state index in [9.17, 15) is 9.59 Å². The van der Waals surface area contributed by atoms with Crippen molar-refractivity contribution >= 4 is 23.6 Å². The van der Waals surface area contributed by atoms with Gasteiger partial charge in [-0.1, -0.05) is 27.2 Å². The molecule has 4 nitrogen and oxygen atoms in total. The fraction of sp³-hybridized carbons (Fsp3) is 0.875. The maximum atomic E-state index is 13.0. The van der Waals surface area contributed by atoms with E-state index in [2.05, 4.69) is 11.6 Å². The molecule has 0 bridgehead atoms. The van der Waals surface area contributed by atoms with Gasteiger partial charge < -0.3 is 10.2 Å². The smallest absolute Gasteiger partial charge is 0.248 e. The van der Waals surface area contributed by atoms with E-state index in [0.717, 1.165) is 12.8 Å². The van der Waals surface area contributed by atoms with Crippen molar-refractivity contribution in [2.24, 2.45) is 5.92 Å². The predicted molar refractivity (Wildman–Crippen MR) is 87.3 cm³/mol. The van der Waals surface area contributed by atoms with E-state index in [1.165, 1.54) is 6.42 Å². The van der Waals surface area contributed by atoms with Gasteiger partial charge in [0.2, 0.25) is 11.8 Å². The Morgan fingerprint density at radius 3 is 2.38 bits per heavy atom. The molecule has 5 heteroatoms. The van der Waals surface area contributed by atoms with Crippen molar-refractivity contribution in [2.75, 3.05) is 12.8 Å². The summed E-state index contributed by atoms with van der Waals surface area (Å²) in [6.07, 6.45) is 6.27. The number of nitrogens with zero attached hydrogens (tertiary/aromatic N) is 1. The fourth-order valence-corrected chi connectivity index (χ4v) is 4.33. The standard InChI is InChI=1S/C16H28N2O2S/c1-6-15(4)14(20)18(10-16(21-5)8-7-9-16)12(11(2)3)13(19)17-15/h11-12H,6-10H2,1-5H3,(H,17,19). The second-order valence-electron chi connectivity index (χ2n) is 7.04. The van der Waals surface area contributed by atoms with E-state index < -0.39 is 5.54 Å². The zero-order chi connectivity index (χ0) is 15.8. The topological polar surface area (TPSA) is 49.4 Å². The van der Waals surface area contributed by atoms with Crippen molar-refractivity contribution in [1.82, 2.24) is 10.2 Å². The van der Waals surface area contributed by atoms with Crippen LogP contribution < -0.4 is 5.32 Å². The molecule has 0 radical (unpaired) electrons. The Morgan fingerprint density at radius 2 is 2.00 bits per heavy atom. The third kappa shape index (κ3) is 2.81. The van der Waals surface area contributed by atoms with Crippen LogP contribution in [0.2, 0.25) is 0 Å². The molecule has 1 N–H and O–H groups in total. The van der Waals surface area contributed by atoms with Crippen molar-refractivity contribution in [3.63, 3.8) is 0 Å². The Morgan fingerprint density at radius 1 is 1.38 bits per heavy atom. The van der Waals surface area contributed by atoms with Gasteiger partial charge in [0, 0.05) is 11.3 Å². The molecule has 2 fully saturated rings. The number of nitrogens with one attached hydrogen (secondary N) is 1. The Kier molecular flexibility index (Phi) is 4.62. The summed E-state index contributed by atoms with van der Waals surface area (Å²) in [6.45, 7) is 8.55. The van der Waals surface area contributed by atoms with Gasteiger partial charge in [0.25, 0.3) is 0 Å². The van der Waals surface area contributed by atoms with Crippen LogP contribution in [0.3, 0.4) is 0 Å². The molecule has 0 aromatic carbocycles. The first-order valence-corrected chi connectivity index (χ1v) is 9.19. The molecule has 1 aliphatic carbocycles. The molecular formula is C16H28N2O2S. The minimum Gasteiger partial charge on any atom is -0.340 e. The highest BCUT2D eigenvalue weighted by molar-refractivity contribution is 8.00. The summed E-state index contributed by atoms with van der Waals surface area (Å²) < 4.78 is 0.162. The molecule has 0 aromatic rings. The molecule has 1 heterocycles. The van der Waals surface area contributed by atoms with Crippen LogP contribution in [0.1, 0.15) is 53.4 Å². The molecule has 1 saturated heterocycles. The summed E-state index contributed by atoms with van der Waals surface area (Å²) in [4.78, 5) is 27.4. The van der Waals surface area contributed by atoms with Gasteiger partial charge in [0.05, 0.1) is 0 Å². The minimum absolute atomic E-state index is 0.00419. The van der Waals surface area contributed by atoms with Gasteiger partial charge in [-0.05, 0) is 38.4 Å². The van der Waals surface area contributed by atoms with E-state index in [4.69, 9.17) is 0 Å². The first kappa shape index (κ1) is 16.7. The van der Waals surface area contributed by atoms with Crippen LogP contribution in [-0.4, -0.2) is 45.8 Å². The second-order valence-corrected chi connectivity index (χ2v) is 8.31. The largest absolute Gasteiger partial charge is 0.340 e. The lowest BCUT2D eigenvalue weighted by Crippen LogP contribution is -2.71. The summed E-state index contributed by atoms with van der Waals surface area (Å²) >= 11 is 1.85. The number of thioether (sulfide) groups is 1. The first-order valence-electron chi connectivity index (χ1n) is 7.97. The maximum absolute atomic E-state index is 13.0. The van der Waals surface area contributed by atoms with Gasteiger partial charge in [-0.2, -0.15) is 11.8 Å². The summed E-state index contributed by atoms with van der Waals surface area (Å²) in [5, 5.41) is 2.96. The Hall–Kier alpha value is -0.710. The molecule has 2 amide bonds. The van der Waals surface area contributed by atoms with E-state index in [0.29, 0.717) is 13.0 Å². The second kappa shape index (κ2) is 5.82. The van der Waals surface area contributed by atoms with Gasteiger partial charge in [0.15, 0.2) is 0 Å². The molecule has 2 rings (SSSR count). The Labute approximate surface area is 132 Å². The summed E-state index contributed by atoms with van der Waals surface area (Å²) in [5.41, 5.74) is -0.744. The van der Waals surface area contributed by atoms with E-state index in [1.54, 1.807) is 0 Å². The molecule has 2 unspecified atom stereocenters. The van der Waals surface area contributed by atoms with Crippen LogP contribution in [-0.2, 0) is 9.59 Å². The number of carbonyl (C=O) groups excluding carboxylic acids is 2. The highest BCUT2D eigenvalue weighted by atomic mass is 32.2. The first-order chi connectivity index (χ1) is 9.78. The molecule has 1 aliphatic heterocycles. The molecule has 1 saturated carbocycles. The average molecular weight is 312 g/mol. The van der Waals surface area contributed by atoms with E-state index in [-0.39, 0.29) is 28.5 Å². The number of piperazine rings is 1. The normalized spacial score (nSPS) is 32.1. The predicted octanol–water partition coefficient (Wildman–Crippen LogP) is 2.42. The van der Waals surface area contributed by atoms with Crippen LogP contribution in [0.15, 0.2) is 0 Å². The van der Waals surface area contributed by atoms with Crippen LogP contribution >= 0.6 is 11.8 Å². The van der Waals surface area contributed by atoms with Gasteiger partial charge in [-0.3, -0.25) is 9.59 Å². The third-order valence-corrected chi connectivity index (χ3v) is 6.63. The monoisotopic (exact) mass is 312 g/mol. The Balaban J connectivity index is 2.30. The average Bonchev–Trinajstić information content (AvgIpc) is 2.38. The van der Waals surface area contributed by atoms with E-state index >= 15 is 0 Å². The molecule has 0 aromatic heterocycles. The van der Waals surface area contributed by atoms with Crippen LogP contribution in [0, 0.1) is 5.92 Å². The van der Waals surface area contributed by atoms with Crippen LogP contribution in [0.4, 0.5) is 0 Å².